The normalized spacial score (nSPS) is 9.82. The van der Waals surface area contributed by atoms with Crippen molar-refractivity contribution in [2.75, 3.05) is 0 Å². The Morgan fingerprint density at radius 3 is 1.36 bits per heavy atom. The maximum absolute atomic E-state index is 9.78. The number of allylic oxidation sites excluding steroid dienone is 2. The standard InChI is InChI=1S/C6H6O4.Li.H/c7-5(8)3-1-2-4-6(9)10;;/h1-4H,(H,7,8)(H,9,10);;. The van der Waals surface area contributed by atoms with E-state index in [1.54, 1.807) is 0 Å². The molecule has 2 N–H and O–H groups in total. The van der Waals surface area contributed by atoms with E-state index in [2.05, 4.69) is 0 Å². The summed E-state index contributed by atoms with van der Waals surface area (Å²) in [6.45, 7) is 0. The van der Waals surface area contributed by atoms with Gasteiger partial charge in [0.2, 0.25) is 0 Å². The Hall–Kier alpha value is -0.983. The second-order valence-corrected chi connectivity index (χ2v) is 1.39. The molecule has 0 unspecified atom stereocenters. The second-order valence-electron chi connectivity index (χ2n) is 1.39. The fourth-order valence-electron chi connectivity index (χ4n) is 0.276. The van der Waals surface area contributed by atoms with Crippen molar-refractivity contribution in [3.8, 4) is 0 Å². The van der Waals surface area contributed by atoms with Gasteiger partial charge in [-0.1, -0.05) is 12.2 Å². The third-order valence-electron chi connectivity index (χ3n) is 0.589. The quantitative estimate of drug-likeness (QED) is 0.326. The van der Waals surface area contributed by atoms with Crippen LogP contribution in [0.4, 0.5) is 0 Å². The number of carboxylic acids is 2. The first-order valence-electron chi connectivity index (χ1n) is 2.43. The van der Waals surface area contributed by atoms with Crippen LogP contribution in [-0.2, 0) is 9.59 Å². The first kappa shape index (κ1) is 12.7. The summed E-state index contributed by atoms with van der Waals surface area (Å²) in [4.78, 5) is 19.6. The Morgan fingerprint density at radius 1 is 0.909 bits per heavy atom. The molecule has 5 heteroatoms. The number of carboxylic acid groups (broad SMARTS) is 2. The van der Waals surface area contributed by atoms with Crippen LogP contribution >= 0.6 is 0 Å². The van der Waals surface area contributed by atoms with Crippen molar-refractivity contribution < 1.29 is 19.8 Å². The number of rotatable bonds is 3. The molecule has 0 radical (unpaired) electrons. The van der Waals surface area contributed by atoms with Crippen LogP contribution in [0.25, 0.3) is 0 Å². The molecule has 0 aromatic carbocycles. The topological polar surface area (TPSA) is 74.6 Å². The minimum absolute atomic E-state index is 0. The van der Waals surface area contributed by atoms with E-state index in [0.717, 1.165) is 24.3 Å². The molecule has 0 aromatic rings. The Bertz CT molecular complexity index is 173. The molecule has 4 nitrogen and oxygen atoms in total. The van der Waals surface area contributed by atoms with Crippen molar-refractivity contribution in [1.82, 2.24) is 0 Å². The molecule has 0 bridgehead atoms. The van der Waals surface area contributed by atoms with E-state index >= 15 is 0 Å². The molecule has 0 saturated heterocycles. The third-order valence-corrected chi connectivity index (χ3v) is 0.589. The molecule has 0 amide bonds. The molecule has 0 aliphatic carbocycles. The average molecular weight is 150 g/mol. The molecule has 0 rings (SSSR count). The summed E-state index contributed by atoms with van der Waals surface area (Å²) in [5, 5.41) is 16.0. The zero-order valence-corrected chi connectivity index (χ0v) is 5.02. The number of hydrogen-bond donors (Lipinski definition) is 2. The van der Waals surface area contributed by atoms with Crippen molar-refractivity contribution >= 4 is 30.8 Å². The van der Waals surface area contributed by atoms with E-state index in [0.29, 0.717) is 0 Å². The molecule has 56 valence electrons. The van der Waals surface area contributed by atoms with Gasteiger partial charge in [0.25, 0.3) is 0 Å². The van der Waals surface area contributed by atoms with Crippen LogP contribution in [0.1, 0.15) is 0 Å². The Balaban J connectivity index is 0. The first-order chi connectivity index (χ1) is 4.63. The van der Waals surface area contributed by atoms with Crippen molar-refractivity contribution in [2.45, 2.75) is 0 Å². The van der Waals surface area contributed by atoms with Gasteiger partial charge in [-0.05, 0) is 0 Å². The average Bonchev–Trinajstić information content (AvgIpc) is 1.79. The Kier molecular flexibility index (Phi) is 8.21. The zero-order valence-electron chi connectivity index (χ0n) is 5.02. The maximum atomic E-state index is 9.78. The van der Waals surface area contributed by atoms with Gasteiger partial charge in [0, 0.05) is 12.2 Å². The van der Waals surface area contributed by atoms with E-state index in [1.165, 1.54) is 0 Å². The van der Waals surface area contributed by atoms with Crippen molar-refractivity contribution in [3.05, 3.63) is 24.3 Å². The molecule has 0 atom stereocenters. The van der Waals surface area contributed by atoms with Gasteiger partial charge in [0.05, 0.1) is 0 Å². The third kappa shape index (κ3) is 12.3. The molecule has 0 aliphatic heterocycles. The van der Waals surface area contributed by atoms with Crippen LogP contribution in [0, 0.1) is 0 Å². The van der Waals surface area contributed by atoms with Crippen LogP contribution in [0.3, 0.4) is 0 Å². The fraction of sp³-hybridized carbons (Fsp3) is 0. The van der Waals surface area contributed by atoms with E-state index in [-0.39, 0.29) is 18.9 Å². The van der Waals surface area contributed by atoms with Gasteiger partial charge < -0.3 is 10.2 Å². The van der Waals surface area contributed by atoms with Gasteiger partial charge >= 0.3 is 30.8 Å². The Labute approximate surface area is 75.4 Å². The van der Waals surface area contributed by atoms with Crippen LogP contribution in [0.2, 0.25) is 0 Å². The van der Waals surface area contributed by atoms with Gasteiger partial charge in [-0.15, -0.1) is 0 Å². The fourth-order valence-corrected chi connectivity index (χ4v) is 0.276. The summed E-state index contributed by atoms with van der Waals surface area (Å²) in [5.41, 5.74) is 0. The van der Waals surface area contributed by atoms with Gasteiger partial charge in [-0.3, -0.25) is 0 Å². The molecule has 0 spiro atoms. The summed E-state index contributed by atoms with van der Waals surface area (Å²) in [5.74, 6) is -2.20. The number of hydrogen-bond acceptors (Lipinski definition) is 2. The summed E-state index contributed by atoms with van der Waals surface area (Å²) in [7, 11) is 0. The van der Waals surface area contributed by atoms with Crippen molar-refractivity contribution in [2.24, 2.45) is 0 Å². The van der Waals surface area contributed by atoms with Crippen LogP contribution < -0.4 is 0 Å². The summed E-state index contributed by atoms with van der Waals surface area (Å²) in [6.07, 6.45) is 3.96. The van der Waals surface area contributed by atoms with Crippen LogP contribution in [0.5, 0.6) is 0 Å². The SMILES string of the molecule is O=C(O)C=CC=CC(=O)O.[LiH]. The predicted molar refractivity (Wildman–Crippen MR) is 40.7 cm³/mol. The van der Waals surface area contributed by atoms with Gasteiger partial charge in [0.1, 0.15) is 0 Å². The number of carbonyl (C=O) groups is 2. The van der Waals surface area contributed by atoms with Gasteiger partial charge in [-0.25, -0.2) is 9.59 Å². The van der Waals surface area contributed by atoms with Crippen LogP contribution in [-0.4, -0.2) is 41.0 Å². The van der Waals surface area contributed by atoms with E-state index in [9.17, 15) is 9.59 Å². The van der Waals surface area contributed by atoms with Gasteiger partial charge in [-0.2, -0.15) is 0 Å². The Morgan fingerprint density at radius 2 is 1.18 bits per heavy atom. The van der Waals surface area contributed by atoms with Gasteiger partial charge in [0.15, 0.2) is 0 Å². The van der Waals surface area contributed by atoms with E-state index < -0.39 is 11.9 Å². The summed E-state index contributed by atoms with van der Waals surface area (Å²) < 4.78 is 0. The molecule has 0 fully saturated rings. The monoisotopic (exact) mass is 150 g/mol. The zero-order chi connectivity index (χ0) is 7.98. The molecular weight excluding hydrogens is 143 g/mol. The van der Waals surface area contributed by atoms with Crippen molar-refractivity contribution in [1.29, 1.82) is 0 Å². The molecule has 11 heavy (non-hydrogen) atoms. The predicted octanol–water partition coefficient (Wildman–Crippen LogP) is -0.381. The summed E-state index contributed by atoms with van der Waals surface area (Å²) >= 11 is 0. The second kappa shape index (κ2) is 7.13. The van der Waals surface area contributed by atoms with E-state index in [4.69, 9.17) is 10.2 Å². The molecule has 0 aromatic heterocycles. The summed E-state index contributed by atoms with van der Waals surface area (Å²) in [6, 6.07) is 0. The first-order valence-corrected chi connectivity index (χ1v) is 2.43. The minimum atomic E-state index is -1.10. The van der Waals surface area contributed by atoms with Crippen molar-refractivity contribution in [3.63, 3.8) is 0 Å². The molecule has 0 aliphatic rings. The molecule has 0 heterocycles. The number of aliphatic carboxylic acids is 2. The molecule has 0 saturated carbocycles. The van der Waals surface area contributed by atoms with Crippen LogP contribution in [0.15, 0.2) is 24.3 Å². The molecular formula is C6H7LiO4. The van der Waals surface area contributed by atoms with E-state index in [1.807, 2.05) is 0 Å².